The molecule has 5 heteroatoms. The van der Waals surface area contributed by atoms with Crippen molar-refractivity contribution in [1.29, 1.82) is 0 Å². The average molecular weight is 281 g/mol. The van der Waals surface area contributed by atoms with Crippen LogP contribution in [0.25, 0.3) is 0 Å². The van der Waals surface area contributed by atoms with E-state index in [9.17, 15) is 0 Å². The van der Waals surface area contributed by atoms with Gasteiger partial charge in [0.15, 0.2) is 0 Å². The van der Waals surface area contributed by atoms with Crippen LogP contribution in [0.5, 0.6) is 0 Å². The quantitative estimate of drug-likeness (QED) is 0.912. The highest BCUT2D eigenvalue weighted by Gasteiger charge is 2.12. The second-order valence-corrected chi connectivity index (χ2v) is 6.76. The summed E-state index contributed by atoms with van der Waals surface area (Å²) in [6.07, 6.45) is 0.992. The van der Waals surface area contributed by atoms with Crippen LogP contribution in [0.4, 0.5) is 0 Å². The first-order valence-electron chi connectivity index (χ1n) is 6.14. The molecule has 2 heterocycles. The molecule has 0 aromatic carbocycles. The standard InChI is InChI=1S/C13H19N3S2/c1-8(13-9(2)15-11(4)18-13)14-6-5-12-7-17-10(3)16-12/h7-8,14H,5-6H2,1-4H3. The zero-order valence-corrected chi connectivity index (χ0v) is 12.9. The molecule has 2 aromatic heterocycles. The smallest absolute Gasteiger partial charge is 0.0900 e. The molecule has 0 saturated carbocycles. The number of hydrogen-bond donors (Lipinski definition) is 1. The number of thiazole rings is 2. The molecule has 0 aliphatic rings. The van der Waals surface area contributed by atoms with Gasteiger partial charge in [-0.15, -0.1) is 22.7 Å². The first kappa shape index (κ1) is 13.6. The summed E-state index contributed by atoms with van der Waals surface area (Å²) in [5.41, 5.74) is 2.34. The van der Waals surface area contributed by atoms with E-state index in [0.29, 0.717) is 6.04 Å². The molecule has 18 heavy (non-hydrogen) atoms. The molecule has 0 bridgehead atoms. The summed E-state index contributed by atoms with van der Waals surface area (Å²) in [6, 6.07) is 0.371. The van der Waals surface area contributed by atoms with E-state index >= 15 is 0 Å². The number of nitrogens with one attached hydrogen (secondary N) is 1. The van der Waals surface area contributed by atoms with Crippen molar-refractivity contribution in [2.45, 2.75) is 40.2 Å². The molecule has 0 saturated heterocycles. The maximum atomic E-state index is 4.47. The third-order valence-corrected chi connectivity index (χ3v) is 4.91. The highest BCUT2D eigenvalue weighted by Crippen LogP contribution is 2.24. The molecule has 2 aromatic rings. The molecular weight excluding hydrogens is 262 g/mol. The second-order valence-electron chi connectivity index (χ2n) is 4.47. The maximum Gasteiger partial charge on any atom is 0.0900 e. The minimum atomic E-state index is 0.371. The van der Waals surface area contributed by atoms with Crippen LogP contribution in [-0.2, 0) is 6.42 Å². The van der Waals surface area contributed by atoms with Gasteiger partial charge < -0.3 is 5.32 Å². The topological polar surface area (TPSA) is 37.8 Å². The van der Waals surface area contributed by atoms with Gasteiger partial charge in [0.05, 0.1) is 21.4 Å². The molecule has 1 unspecified atom stereocenters. The summed E-state index contributed by atoms with van der Waals surface area (Å²) in [5.74, 6) is 0. The van der Waals surface area contributed by atoms with Gasteiger partial charge in [-0.3, -0.25) is 0 Å². The van der Waals surface area contributed by atoms with Gasteiger partial charge in [0.25, 0.3) is 0 Å². The first-order valence-corrected chi connectivity index (χ1v) is 7.84. The van der Waals surface area contributed by atoms with Crippen molar-refractivity contribution in [2.24, 2.45) is 0 Å². The van der Waals surface area contributed by atoms with Gasteiger partial charge in [-0.1, -0.05) is 0 Å². The zero-order valence-electron chi connectivity index (χ0n) is 11.3. The predicted molar refractivity (Wildman–Crippen MR) is 78.6 cm³/mol. The van der Waals surface area contributed by atoms with E-state index in [1.807, 2.05) is 6.92 Å². The minimum absolute atomic E-state index is 0.371. The molecule has 0 radical (unpaired) electrons. The second kappa shape index (κ2) is 5.91. The van der Waals surface area contributed by atoms with E-state index in [1.54, 1.807) is 22.7 Å². The molecule has 1 N–H and O–H groups in total. The van der Waals surface area contributed by atoms with Gasteiger partial charge in [-0.05, 0) is 27.7 Å². The molecule has 2 rings (SSSR count). The number of rotatable bonds is 5. The lowest BCUT2D eigenvalue weighted by Gasteiger charge is -2.12. The maximum absolute atomic E-state index is 4.47. The van der Waals surface area contributed by atoms with Gasteiger partial charge in [0, 0.05) is 29.3 Å². The van der Waals surface area contributed by atoms with Gasteiger partial charge in [0.2, 0.25) is 0 Å². The highest BCUT2D eigenvalue weighted by molar-refractivity contribution is 7.11. The number of aryl methyl sites for hydroxylation is 3. The normalized spacial score (nSPS) is 12.9. The van der Waals surface area contributed by atoms with E-state index in [-0.39, 0.29) is 0 Å². The van der Waals surface area contributed by atoms with Crippen LogP contribution >= 0.6 is 22.7 Å². The lowest BCUT2D eigenvalue weighted by molar-refractivity contribution is 0.579. The molecule has 0 amide bonds. The molecule has 1 atom stereocenters. The summed E-state index contributed by atoms with van der Waals surface area (Å²) in [6.45, 7) is 9.35. The third-order valence-electron chi connectivity index (χ3n) is 2.83. The molecule has 0 aliphatic heterocycles. The van der Waals surface area contributed by atoms with E-state index in [0.717, 1.165) is 28.7 Å². The molecule has 0 spiro atoms. The minimum Gasteiger partial charge on any atom is -0.309 e. The molecule has 0 aliphatic carbocycles. The number of aromatic nitrogens is 2. The van der Waals surface area contributed by atoms with E-state index < -0.39 is 0 Å². The first-order chi connectivity index (χ1) is 8.56. The highest BCUT2D eigenvalue weighted by atomic mass is 32.1. The molecule has 98 valence electrons. The summed E-state index contributed by atoms with van der Waals surface area (Å²) < 4.78 is 0. The largest absolute Gasteiger partial charge is 0.309 e. The lowest BCUT2D eigenvalue weighted by Crippen LogP contribution is -2.21. The van der Waals surface area contributed by atoms with Crippen LogP contribution in [0.2, 0.25) is 0 Å². The Morgan fingerprint density at radius 2 is 2.00 bits per heavy atom. The third kappa shape index (κ3) is 3.37. The molecule has 3 nitrogen and oxygen atoms in total. The summed E-state index contributed by atoms with van der Waals surface area (Å²) in [7, 11) is 0. The monoisotopic (exact) mass is 281 g/mol. The fourth-order valence-corrected chi connectivity index (χ4v) is 3.58. The Morgan fingerprint density at radius 1 is 1.22 bits per heavy atom. The average Bonchev–Trinajstić information content (AvgIpc) is 2.85. The van der Waals surface area contributed by atoms with Crippen LogP contribution < -0.4 is 5.32 Å². The predicted octanol–water partition coefficient (Wildman–Crippen LogP) is 3.42. The van der Waals surface area contributed by atoms with E-state index in [4.69, 9.17) is 0 Å². The van der Waals surface area contributed by atoms with E-state index in [1.165, 1.54) is 10.6 Å². The van der Waals surface area contributed by atoms with Crippen LogP contribution in [0, 0.1) is 20.8 Å². The Labute approximate surface area is 116 Å². The fraction of sp³-hybridized carbons (Fsp3) is 0.538. The van der Waals surface area contributed by atoms with Crippen molar-refractivity contribution in [3.63, 3.8) is 0 Å². The van der Waals surface area contributed by atoms with Crippen LogP contribution in [-0.4, -0.2) is 16.5 Å². The van der Waals surface area contributed by atoms with Crippen molar-refractivity contribution in [3.8, 4) is 0 Å². The Balaban J connectivity index is 1.85. The van der Waals surface area contributed by atoms with Gasteiger partial charge in [-0.25, -0.2) is 9.97 Å². The van der Waals surface area contributed by atoms with Crippen LogP contribution in [0.15, 0.2) is 5.38 Å². The SMILES string of the molecule is Cc1nc(CCNC(C)c2sc(C)nc2C)cs1. The van der Waals surface area contributed by atoms with Gasteiger partial charge >= 0.3 is 0 Å². The fourth-order valence-electron chi connectivity index (χ4n) is 1.98. The summed E-state index contributed by atoms with van der Waals surface area (Å²) >= 11 is 3.50. The number of hydrogen-bond acceptors (Lipinski definition) is 5. The zero-order chi connectivity index (χ0) is 13.1. The van der Waals surface area contributed by atoms with E-state index in [2.05, 4.69) is 41.4 Å². The van der Waals surface area contributed by atoms with Crippen LogP contribution in [0.1, 0.15) is 39.2 Å². The summed E-state index contributed by atoms with van der Waals surface area (Å²) in [5, 5.41) is 7.98. The molecule has 0 fully saturated rings. The summed E-state index contributed by atoms with van der Waals surface area (Å²) in [4.78, 5) is 10.3. The van der Waals surface area contributed by atoms with Crippen molar-refractivity contribution in [2.75, 3.05) is 6.54 Å². The van der Waals surface area contributed by atoms with Crippen molar-refractivity contribution >= 4 is 22.7 Å². The Kier molecular flexibility index (Phi) is 4.48. The lowest BCUT2D eigenvalue weighted by atomic mass is 10.2. The Morgan fingerprint density at radius 3 is 2.56 bits per heavy atom. The van der Waals surface area contributed by atoms with Crippen molar-refractivity contribution < 1.29 is 0 Å². The Hall–Kier alpha value is -0.780. The van der Waals surface area contributed by atoms with Gasteiger partial charge in [-0.2, -0.15) is 0 Å². The Bertz CT molecular complexity index is 516. The van der Waals surface area contributed by atoms with Crippen LogP contribution in [0.3, 0.4) is 0 Å². The molecular formula is C13H19N3S2. The van der Waals surface area contributed by atoms with Gasteiger partial charge in [0.1, 0.15) is 0 Å². The van der Waals surface area contributed by atoms with Crippen molar-refractivity contribution in [3.05, 3.63) is 31.7 Å². The van der Waals surface area contributed by atoms with Crippen molar-refractivity contribution in [1.82, 2.24) is 15.3 Å². The number of nitrogens with zero attached hydrogens (tertiary/aromatic N) is 2.